The Bertz CT molecular complexity index is 534. The van der Waals surface area contributed by atoms with Crippen LogP contribution in [0, 0.1) is 0 Å². The van der Waals surface area contributed by atoms with E-state index >= 15 is 0 Å². The molecular weight excluding hydrogens is 266 g/mol. The molecule has 0 heterocycles. The zero-order valence-corrected chi connectivity index (χ0v) is 13.0. The molecule has 0 aliphatic rings. The summed E-state index contributed by atoms with van der Waals surface area (Å²) >= 11 is 1.74. The van der Waals surface area contributed by atoms with Gasteiger partial charge in [-0.25, -0.2) is 0 Å². The van der Waals surface area contributed by atoms with E-state index in [1.165, 1.54) is 4.90 Å². The van der Waals surface area contributed by atoms with E-state index in [1.807, 2.05) is 38.1 Å². The maximum atomic E-state index is 6.31. The fourth-order valence-corrected chi connectivity index (χ4v) is 2.44. The Morgan fingerprint density at radius 3 is 1.85 bits per heavy atom. The zero-order valence-electron chi connectivity index (χ0n) is 12.2. The van der Waals surface area contributed by atoms with Crippen LogP contribution in [0.25, 0.3) is 0 Å². The lowest BCUT2D eigenvalue weighted by molar-refractivity contribution is 0.242. The predicted molar refractivity (Wildman–Crippen MR) is 86.5 cm³/mol. The van der Waals surface area contributed by atoms with Crippen LogP contribution in [0.5, 0.6) is 5.75 Å². The van der Waals surface area contributed by atoms with Gasteiger partial charge in [-0.2, -0.15) is 0 Å². The van der Waals surface area contributed by atoms with Crippen LogP contribution in [0.4, 0.5) is 0 Å². The van der Waals surface area contributed by atoms with Crippen molar-refractivity contribution in [2.45, 2.75) is 30.9 Å². The zero-order chi connectivity index (χ0) is 14.5. The number of ether oxygens (including phenoxy) is 1. The van der Waals surface area contributed by atoms with Crippen molar-refractivity contribution in [1.29, 1.82) is 0 Å². The molecule has 2 aromatic rings. The summed E-state index contributed by atoms with van der Waals surface area (Å²) in [6.45, 7) is 4.04. The average Bonchev–Trinajstić information content (AvgIpc) is 2.47. The second-order valence-corrected chi connectivity index (χ2v) is 5.87. The summed E-state index contributed by atoms with van der Waals surface area (Å²) in [5.74, 6) is 0.883. The van der Waals surface area contributed by atoms with Gasteiger partial charge in [-0.05, 0) is 55.5 Å². The largest absolute Gasteiger partial charge is 0.491 e. The van der Waals surface area contributed by atoms with Gasteiger partial charge in [0.05, 0.1) is 12.1 Å². The number of rotatable bonds is 5. The van der Waals surface area contributed by atoms with Crippen molar-refractivity contribution < 1.29 is 4.74 Å². The molecule has 2 N–H and O–H groups in total. The minimum atomic E-state index is -0.0981. The first-order valence-electron chi connectivity index (χ1n) is 6.76. The van der Waals surface area contributed by atoms with Gasteiger partial charge in [-0.1, -0.05) is 24.3 Å². The van der Waals surface area contributed by atoms with Gasteiger partial charge >= 0.3 is 0 Å². The molecule has 2 aromatic carbocycles. The topological polar surface area (TPSA) is 35.2 Å². The Labute approximate surface area is 125 Å². The van der Waals surface area contributed by atoms with Crippen molar-refractivity contribution in [3.8, 4) is 5.75 Å². The first-order chi connectivity index (χ1) is 9.60. The van der Waals surface area contributed by atoms with Gasteiger partial charge in [0.2, 0.25) is 0 Å². The average molecular weight is 287 g/mol. The van der Waals surface area contributed by atoms with Gasteiger partial charge < -0.3 is 10.5 Å². The van der Waals surface area contributed by atoms with E-state index in [9.17, 15) is 0 Å². The van der Waals surface area contributed by atoms with Crippen LogP contribution in [-0.2, 0) is 0 Å². The summed E-state index contributed by atoms with van der Waals surface area (Å²) in [5, 5.41) is 0. The highest BCUT2D eigenvalue weighted by atomic mass is 32.2. The maximum Gasteiger partial charge on any atom is 0.119 e. The molecule has 2 nitrogen and oxygen atoms in total. The Morgan fingerprint density at radius 1 is 0.900 bits per heavy atom. The molecule has 20 heavy (non-hydrogen) atoms. The lowest BCUT2D eigenvalue weighted by atomic mass is 10.00. The molecule has 3 heteroatoms. The van der Waals surface area contributed by atoms with Gasteiger partial charge in [0.15, 0.2) is 0 Å². The summed E-state index contributed by atoms with van der Waals surface area (Å²) in [6.07, 6.45) is 2.26. The van der Waals surface area contributed by atoms with Gasteiger partial charge in [0.25, 0.3) is 0 Å². The normalized spacial score (nSPS) is 12.4. The molecule has 0 radical (unpaired) electrons. The molecule has 0 aliphatic carbocycles. The number of thioether (sulfide) groups is 1. The van der Waals surface area contributed by atoms with E-state index in [1.54, 1.807) is 11.8 Å². The van der Waals surface area contributed by atoms with Crippen LogP contribution in [0.1, 0.15) is 31.0 Å². The van der Waals surface area contributed by atoms with Crippen LogP contribution in [0.3, 0.4) is 0 Å². The van der Waals surface area contributed by atoms with Crippen LogP contribution in [0.15, 0.2) is 53.4 Å². The van der Waals surface area contributed by atoms with Crippen LogP contribution in [-0.4, -0.2) is 12.4 Å². The van der Waals surface area contributed by atoms with E-state index in [-0.39, 0.29) is 12.1 Å². The van der Waals surface area contributed by atoms with E-state index in [2.05, 4.69) is 30.5 Å². The summed E-state index contributed by atoms with van der Waals surface area (Å²) in [6, 6.07) is 16.3. The van der Waals surface area contributed by atoms with Crippen LogP contribution in [0.2, 0.25) is 0 Å². The molecule has 2 rings (SSSR count). The fourth-order valence-electron chi connectivity index (χ4n) is 2.03. The molecular formula is C17H21NOS. The predicted octanol–water partition coefficient (Wildman–Crippen LogP) is 4.24. The second kappa shape index (κ2) is 6.82. The highest BCUT2D eigenvalue weighted by Gasteiger charge is 2.09. The summed E-state index contributed by atoms with van der Waals surface area (Å²) in [5.41, 5.74) is 8.53. The minimum absolute atomic E-state index is 0.0981. The summed E-state index contributed by atoms with van der Waals surface area (Å²) in [4.78, 5) is 1.25. The Hall–Kier alpha value is -1.45. The van der Waals surface area contributed by atoms with Crippen molar-refractivity contribution in [2.24, 2.45) is 5.73 Å². The molecule has 1 atom stereocenters. The Balaban J connectivity index is 2.13. The van der Waals surface area contributed by atoms with E-state index in [4.69, 9.17) is 10.5 Å². The SMILES string of the molecule is CSc1ccc(C(N)c2ccc(OC(C)C)cc2)cc1. The van der Waals surface area contributed by atoms with Crippen molar-refractivity contribution >= 4 is 11.8 Å². The van der Waals surface area contributed by atoms with E-state index < -0.39 is 0 Å². The quantitative estimate of drug-likeness (QED) is 0.835. The lowest BCUT2D eigenvalue weighted by Crippen LogP contribution is -2.12. The third kappa shape index (κ3) is 3.78. The standard InChI is InChI=1S/C17H21NOS/c1-12(2)19-15-8-4-13(5-9-15)17(18)14-6-10-16(20-3)11-7-14/h4-12,17H,18H2,1-3H3. The van der Waals surface area contributed by atoms with Gasteiger partial charge in [-0.15, -0.1) is 11.8 Å². The molecule has 0 saturated carbocycles. The first kappa shape index (κ1) is 14.9. The molecule has 0 amide bonds. The van der Waals surface area contributed by atoms with Gasteiger partial charge in [0.1, 0.15) is 5.75 Å². The van der Waals surface area contributed by atoms with Crippen molar-refractivity contribution in [2.75, 3.05) is 6.26 Å². The van der Waals surface area contributed by atoms with Crippen LogP contribution >= 0.6 is 11.8 Å². The maximum absolute atomic E-state index is 6.31. The molecule has 106 valence electrons. The van der Waals surface area contributed by atoms with E-state index in [0.29, 0.717) is 0 Å². The monoisotopic (exact) mass is 287 g/mol. The first-order valence-corrected chi connectivity index (χ1v) is 7.99. The van der Waals surface area contributed by atoms with Gasteiger partial charge in [-0.3, -0.25) is 0 Å². The molecule has 0 fully saturated rings. The number of nitrogens with two attached hydrogens (primary N) is 1. The van der Waals surface area contributed by atoms with Crippen molar-refractivity contribution in [3.05, 3.63) is 59.7 Å². The Morgan fingerprint density at radius 2 is 1.40 bits per heavy atom. The third-order valence-corrected chi connectivity index (χ3v) is 3.83. The Kier molecular flexibility index (Phi) is 5.10. The van der Waals surface area contributed by atoms with Crippen molar-refractivity contribution in [1.82, 2.24) is 0 Å². The molecule has 0 spiro atoms. The third-order valence-electron chi connectivity index (χ3n) is 3.09. The molecule has 1 unspecified atom stereocenters. The van der Waals surface area contributed by atoms with E-state index in [0.717, 1.165) is 16.9 Å². The minimum Gasteiger partial charge on any atom is -0.491 e. The lowest BCUT2D eigenvalue weighted by Gasteiger charge is -2.15. The molecule has 0 aromatic heterocycles. The van der Waals surface area contributed by atoms with Gasteiger partial charge in [0, 0.05) is 4.90 Å². The summed E-state index contributed by atoms with van der Waals surface area (Å²) in [7, 11) is 0. The highest BCUT2D eigenvalue weighted by Crippen LogP contribution is 2.24. The second-order valence-electron chi connectivity index (χ2n) is 4.99. The molecule has 0 saturated heterocycles. The number of hydrogen-bond acceptors (Lipinski definition) is 3. The molecule has 0 bridgehead atoms. The smallest absolute Gasteiger partial charge is 0.119 e. The van der Waals surface area contributed by atoms with Crippen LogP contribution < -0.4 is 10.5 Å². The number of hydrogen-bond donors (Lipinski definition) is 1. The molecule has 0 aliphatic heterocycles. The fraction of sp³-hybridized carbons (Fsp3) is 0.294. The van der Waals surface area contributed by atoms with Crippen molar-refractivity contribution in [3.63, 3.8) is 0 Å². The summed E-state index contributed by atoms with van der Waals surface area (Å²) < 4.78 is 5.64. The highest BCUT2D eigenvalue weighted by molar-refractivity contribution is 7.98. The number of benzene rings is 2.